The first-order valence-electron chi connectivity index (χ1n) is 6.63. The molecule has 0 aromatic carbocycles. The van der Waals surface area contributed by atoms with E-state index in [1.165, 1.54) is 11.3 Å². The molecule has 0 saturated carbocycles. The van der Waals surface area contributed by atoms with Crippen LogP contribution in [0.1, 0.15) is 17.4 Å². The highest BCUT2D eigenvalue weighted by atomic mass is 32.2. The van der Waals surface area contributed by atoms with Crippen LogP contribution in [0.25, 0.3) is 0 Å². The summed E-state index contributed by atoms with van der Waals surface area (Å²) in [6, 6.07) is -0.217. The van der Waals surface area contributed by atoms with Gasteiger partial charge in [-0.1, -0.05) is 0 Å². The summed E-state index contributed by atoms with van der Waals surface area (Å²) in [4.78, 5) is 5.19. The fraction of sp³-hybridized carbons (Fsp3) is 0.462. The van der Waals surface area contributed by atoms with Crippen molar-refractivity contribution in [1.29, 1.82) is 0 Å². The Balaban J connectivity index is 2.16. The van der Waals surface area contributed by atoms with Crippen molar-refractivity contribution in [3.05, 3.63) is 34.5 Å². The molecule has 1 unspecified atom stereocenters. The SMILES string of the molecule is CNCc1scc(C)c1S(=O)(=O)NC(C)Cn1ccnc1. The third kappa shape index (κ3) is 3.91. The van der Waals surface area contributed by atoms with E-state index in [2.05, 4.69) is 15.0 Å². The van der Waals surface area contributed by atoms with Gasteiger partial charge in [0.25, 0.3) is 0 Å². The van der Waals surface area contributed by atoms with E-state index in [0.717, 1.165) is 10.4 Å². The first-order valence-corrected chi connectivity index (χ1v) is 9.00. The molecule has 1 atom stereocenters. The van der Waals surface area contributed by atoms with Gasteiger partial charge in [0, 0.05) is 36.4 Å². The minimum absolute atomic E-state index is 0.217. The number of thiophene rings is 1. The minimum Gasteiger partial charge on any atom is -0.336 e. The molecule has 8 heteroatoms. The van der Waals surface area contributed by atoms with Crippen LogP contribution in [-0.4, -0.2) is 31.1 Å². The van der Waals surface area contributed by atoms with Crippen LogP contribution in [0.2, 0.25) is 0 Å². The molecule has 116 valence electrons. The van der Waals surface area contributed by atoms with Crippen molar-refractivity contribution in [2.24, 2.45) is 0 Å². The normalized spacial score (nSPS) is 13.5. The number of hydrogen-bond acceptors (Lipinski definition) is 5. The second-order valence-electron chi connectivity index (χ2n) is 4.98. The van der Waals surface area contributed by atoms with E-state index in [1.807, 2.05) is 30.0 Å². The Morgan fingerprint density at radius 1 is 1.48 bits per heavy atom. The van der Waals surface area contributed by atoms with Crippen molar-refractivity contribution in [3.63, 3.8) is 0 Å². The quantitative estimate of drug-likeness (QED) is 0.804. The lowest BCUT2D eigenvalue weighted by Gasteiger charge is -2.15. The molecule has 2 N–H and O–H groups in total. The van der Waals surface area contributed by atoms with E-state index in [4.69, 9.17) is 0 Å². The molecule has 0 amide bonds. The maximum Gasteiger partial charge on any atom is 0.242 e. The average Bonchev–Trinajstić information content (AvgIpc) is 2.99. The van der Waals surface area contributed by atoms with E-state index in [9.17, 15) is 8.42 Å². The monoisotopic (exact) mass is 328 g/mol. The number of aromatic nitrogens is 2. The van der Waals surface area contributed by atoms with E-state index < -0.39 is 10.0 Å². The number of nitrogens with zero attached hydrogens (tertiary/aromatic N) is 2. The Kier molecular flexibility index (Phi) is 5.15. The summed E-state index contributed by atoms with van der Waals surface area (Å²) >= 11 is 1.46. The fourth-order valence-corrected chi connectivity index (χ4v) is 5.26. The van der Waals surface area contributed by atoms with Gasteiger partial charge in [0.1, 0.15) is 4.90 Å². The lowest BCUT2D eigenvalue weighted by Crippen LogP contribution is -2.36. The Morgan fingerprint density at radius 2 is 2.24 bits per heavy atom. The molecule has 6 nitrogen and oxygen atoms in total. The Labute approximate surface area is 129 Å². The van der Waals surface area contributed by atoms with Crippen LogP contribution in [0.4, 0.5) is 0 Å². The van der Waals surface area contributed by atoms with Crippen LogP contribution in [0.5, 0.6) is 0 Å². The predicted molar refractivity (Wildman–Crippen MR) is 83.8 cm³/mol. The van der Waals surface area contributed by atoms with Gasteiger partial charge in [-0.2, -0.15) is 0 Å². The van der Waals surface area contributed by atoms with Gasteiger partial charge in [-0.15, -0.1) is 11.3 Å². The zero-order valence-corrected chi connectivity index (χ0v) is 14.0. The highest BCUT2D eigenvalue weighted by molar-refractivity contribution is 7.89. The first-order chi connectivity index (χ1) is 9.94. The Hall–Kier alpha value is -1.22. The number of sulfonamides is 1. The maximum atomic E-state index is 12.6. The Bertz CT molecular complexity index is 677. The van der Waals surface area contributed by atoms with Crippen molar-refractivity contribution in [3.8, 4) is 0 Å². The van der Waals surface area contributed by atoms with Crippen LogP contribution in [-0.2, 0) is 23.1 Å². The number of rotatable bonds is 7. The van der Waals surface area contributed by atoms with Gasteiger partial charge in [-0.25, -0.2) is 18.1 Å². The van der Waals surface area contributed by atoms with E-state index >= 15 is 0 Å². The number of aryl methyl sites for hydroxylation is 1. The summed E-state index contributed by atoms with van der Waals surface area (Å²) in [6.07, 6.45) is 5.16. The summed E-state index contributed by atoms with van der Waals surface area (Å²) in [7, 11) is -1.71. The van der Waals surface area contributed by atoms with Crippen LogP contribution >= 0.6 is 11.3 Å². The van der Waals surface area contributed by atoms with Gasteiger partial charge >= 0.3 is 0 Å². The topological polar surface area (TPSA) is 76.0 Å². The van der Waals surface area contributed by atoms with Gasteiger partial charge in [0.05, 0.1) is 6.33 Å². The fourth-order valence-electron chi connectivity index (χ4n) is 2.20. The van der Waals surface area contributed by atoms with Gasteiger partial charge in [-0.05, 0) is 31.8 Å². The molecule has 21 heavy (non-hydrogen) atoms. The zero-order valence-electron chi connectivity index (χ0n) is 12.3. The molecule has 0 radical (unpaired) electrons. The van der Waals surface area contributed by atoms with Gasteiger partial charge in [-0.3, -0.25) is 0 Å². The molecule has 0 spiro atoms. The molecule has 0 aliphatic heterocycles. The van der Waals surface area contributed by atoms with Crippen LogP contribution in [0.15, 0.2) is 29.0 Å². The summed E-state index contributed by atoms with van der Waals surface area (Å²) in [5, 5.41) is 4.88. The van der Waals surface area contributed by atoms with Crippen LogP contribution in [0.3, 0.4) is 0 Å². The van der Waals surface area contributed by atoms with Crippen molar-refractivity contribution >= 4 is 21.4 Å². The van der Waals surface area contributed by atoms with Crippen molar-refractivity contribution < 1.29 is 8.42 Å². The summed E-state index contributed by atoms with van der Waals surface area (Å²) < 4.78 is 29.8. The smallest absolute Gasteiger partial charge is 0.242 e. The standard InChI is InChI=1S/C13H20N4O2S2/c1-10-8-20-12(6-14-3)13(10)21(18,19)16-11(2)7-17-5-4-15-9-17/h4-5,8-9,11,14,16H,6-7H2,1-3H3. The largest absolute Gasteiger partial charge is 0.336 e. The second-order valence-corrected chi connectivity index (χ2v) is 7.60. The number of hydrogen-bond donors (Lipinski definition) is 2. The molecular formula is C13H20N4O2S2. The summed E-state index contributed by atoms with van der Waals surface area (Å²) in [5.74, 6) is 0. The highest BCUT2D eigenvalue weighted by Gasteiger charge is 2.24. The third-order valence-corrected chi connectivity index (χ3v) is 6.05. The molecule has 0 aliphatic carbocycles. The molecule has 2 heterocycles. The molecule has 2 aromatic heterocycles. The van der Waals surface area contributed by atoms with E-state index in [0.29, 0.717) is 18.0 Å². The van der Waals surface area contributed by atoms with Crippen molar-refractivity contribution in [1.82, 2.24) is 19.6 Å². The van der Waals surface area contributed by atoms with Crippen LogP contribution < -0.4 is 10.0 Å². The molecule has 2 rings (SSSR count). The van der Waals surface area contributed by atoms with Gasteiger partial charge in [0.15, 0.2) is 0 Å². The first kappa shape index (κ1) is 16.2. The Morgan fingerprint density at radius 3 is 2.86 bits per heavy atom. The van der Waals surface area contributed by atoms with E-state index in [-0.39, 0.29) is 6.04 Å². The van der Waals surface area contributed by atoms with Gasteiger partial charge in [0.2, 0.25) is 10.0 Å². The van der Waals surface area contributed by atoms with Crippen molar-refractivity contribution in [2.75, 3.05) is 7.05 Å². The lowest BCUT2D eigenvalue weighted by molar-refractivity contribution is 0.519. The highest BCUT2D eigenvalue weighted by Crippen LogP contribution is 2.26. The minimum atomic E-state index is -3.52. The molecular weight excluding hydrogens is 308 g/mol. The molecule has 0 bridgehead atoms. The second kappa shape index (κ2) is 6.69. The molecule has 0 aliphatic rings. The maximum absolute atomic E-state index is 12.6. The summed E-state index contributed by atoms with van der Waals surface area (Å²) in [5.41, 5.74) is 0.785. The number of nitrogens with one attached hydrogen (secondary N) is 2. The van der Waals surface area contributed by atoms with Gasteiger partial charge < -0.3 is 9.88 Å². The van der Waals surface area contributed by atoms with Crippen molar-refractivity contribution in [2.45, 2.75) is 37.9 Å². The molecule has 0 saturated heterocycles. The average molecular weight is 328 g/mol. The lowest BCUT2D eigenvalue weighted by atomic mass is 10.3. The molecule has 2 aromatic rings. The van der Waals surface area contributed by atoms with Crippen LogP contribution in [0, 0.1) is 6.92 Å². The molecule has 0 fully saturated rings. The predicted octanol–water partition coefficient (Wildman–Crippen LogP) is 1.34. The third-order valence-electron chi connectivity index (χ3n) is 3.00. The zero-order chi connectivity index (χ0) is 15.5. The number of imidazole rings is 1. The van der Waals surface area contributed by atoms with E-state index in [1.54, 1.807) is 19.6 Å². The summed E-state index contributed by atoms with van der Waals surface area (Å²) in [6.45, 7) is 4.76.